The fraction of sp³-hybridized carbons (Fsp3) is 0.214. The Morgan fingerprint density at radius 2 is 2.10 bits per heavy atom. The van der Waals surface area contributed by atoms with Crippen LogP contribution in [0.5, 0.6) is 0 Å². The summed E-state index contributed by atoms with van der Waals surface area (Å²) in [5, 5.41) is 10.7. The highest BCUT2D eigenvalue weighted by Gasteiger charge is 2.32. The maximum Gasteiger partial charge on any atom is 0.324 e. The molecule has 1 unspecified atom stereocenters. The number of amides is 1. The van der Waals surface area contributed by atoms with E-state index in [-0.39, 0.29) is 17.0 Å². The molecule has 0 spiro atoms. The fourth-order valence-electron chi connectivity index (χ4n) is 2.53. The molecule has 5 nitrogen and oxygen atoms in total. The van der Waals surface area contributed by atoms with Gasteiger partial charge >= 0.3 is 5.00 Å². The highest BCUT2D eigenvalue weighted by molar-refractivity contribution is 7.17. The molecule has 2 heterocycles. The van der Waals surface area contributed by atoms with E-state index in [0.29, 0.717) is 4.88 Å². The molecule has 0 saturated heterocycles. The van der Waals surface area contributed by atoms with Crippen LogP contribution >= 0.6 is 11.3 Å². The third-order valence-corrected chi connectivity index (χ3v) is 4.43. The molecular formula is C14H12N2O3S. The highest BCUT2D eigenvalue weighted by atomic mass is 32.1. The molecule has 0 saturated carbocycles. The van der Waals surface area contributed by atoms with Gasteiger partial charge in [0.25, 0.3) is 5.91 Å². The van der Waals surface area contributed by atoms with Crippen LogP contribution in [0.15, 0.2) is 36.4 Å². The summed E-state index contributed by atoms with van der Waals surface area (Å²) in [4.78, 5) is 24.9. The lowest BCUT2D eigenvalue weighted by atomic mass is 10.1. The number of thiophene rings is 1. The van der Waals surface area contributed by atoms with Crippen molar-refractivity contribution in [1.82, 2.24) is 0 Å². The minimum absolute atomic E-state index is 0.00603. The van der Waals surface area contributed by atoms with Crippen LogP contribution in [-0.2, 0) is 6.42 Å². The van der Waals surface area contributed by atoms with Crippen molar-refractivity contribution < 1.29 is 9.72 Å². The van der Waals surface area contributed by atoms with Gasteiger partial charge in [0.1, 0.15) is 0 Å². The smallest absolute Gasteiger partial charge is 0.304 e. The van der Waals surface area contributed by atoms with Crippen molar-refractivity contribution in [3.63, 3.8) is 0 Å². The van der Waals surface area contributed by atoms with Crippen molar-refractivity contribution in [1.29, 1.82) is 0 Å². The van der Waals surface area contributed by atoms with Crippen LogP contribution in [0.1, 0.15) is 22.2 Å². The molecule has 6 heteroatoms. The van der Waals surface area contributed by atoms with Crippen LogP contribution in [0.25, 0.3) is 0 Å². The molecule has 0 aliphatic carbocycles. The number of para-hydroxylation sites is 1. The number of hydrogen-bond acceptors (Lipinski definition) is 4. The summed E-state index contributed by atoms with van der Waals surface area (Å²) in [7, 11) is 0. The van der Waals surface area contributed by atoms with Gasteiger partial charge in [0.05, 0.1) is 9.80 Å². The molecule has 3 rings (SSSR count). The second kappa shape index (κ2) is 4.72. The zero-order valence-corrected chi connectivity index (χ0v) is 11.6. The first kappa shape index (κ1) is 12.8. The van der Waals surface area contributed by atoms with E-state index in [1.54, 1.807) is 4.90 Å². The van der Waals surface area contributed by atoms with E-state index in [1.165, 1.54) is 12.1 Å². The molecule has 1 aliphatic heterocycles. The van der Waals surface area contributed by atoms with Gasteiger partial charge in [0.15, 0.2) is 0 Å². The topological polar surface area (TPSA) is 63.5 Å². The third kappa shape index (κ3) is 1.98. The van der Waals surface area contributed by atoms with Gasteiger partial charge in [-0.2, -0.15) is 0 Å². The zero-order chi connectivity index (χ0) is 14.3. The standard InChI is InChI=1S/C14H12N2O3S/c1-9-8-10-4-2-3-5-11(10)15(9)14(17)12-6-7-13(20-12)16(18)19/h2-7,9H,8H2,1H3. The number of fused-ring (bicyclic) bond motifs is 1. The monoisotopic (exact) mass is 288 g/mol. The van der Waals surface area contributed by atoms with Crippen LogP contribution in [0.2, 0.25) is 0 Å². The quantitative estimate of drug-likeness (QED) is 0.629. The zero-order valence-electron chi connectivity index (χ0n) is 10.8. The average Bonchev–Trinajstić information content (AvgIpc) is 3.01. The molecule has 0 bridgehead atoms. The molecule has 0 radical (unpaired) electrons. The number of hydrogen-bond donors (Lipinski definition) is 0. The summed E-state index contributed by atoms with van der Waals surface area (Å²) in [6.07, 6.45) is 0.815. The molecule has 0 fully saturated rings. The normalized spacial score (nSPS) is 17.1. The Morgan fingerprint density at radius 3 is 2.80 bits per heavy atom. The van der Waals surface area contributed by atoms with E-state index in [4.69, 9.17) is 0 Å². The van der Waals surface area contributed by atoms with Crippen LogP contribution in [0.3, 0.4) is 0 Å². The summed E-state index contributed by atoms with van der Waals surface area (Å²) in [5.41, 5.74) is 2.04. The number of anilines is 1. The number of carbonyl (C=O) groups excluding carboxylic acids is 1. The fourth-order valence-corrected chi connectivity index (χ4v) is 3.29. The first-order chi connectivity index (χ1) is 9.58. The summed E-state index contributed by atoms with van der Waals surface area (Å²) in [6.45, 7) is 1.99. The average molecular weight is 288 g/mol. The van der Waals surface area contributed by atoms with Crippen molar-refractivity contribution in [2.75, 3.05) is 4.90 Å². The van der Waals surface area contributed by atoms with E-state index < -0.39 is 4.92 Å². The lowest BCUT2D eigenvalue weighted by Gasteiger charge is -2.21. The van der Waals surface area contributed by atoms with E-state index >= 15 is 0 Å². The third-order valence-electron chi connectivity index (χ3n) is 3.41. The maximum absolute atomic E-state index is 12.6. The Balaban J connectivity index is 1.96. The molecular weight excluding hydrogens is 276 g/mol. The van der Waals surface area contributed by atoms with Gasteiger partial charge in [-0.25, -0.2) is 0 Å². The largest absolute Gasteiger partial charge is 0.324 e. The minimum Gasteiger partial charge on any atom is -0.304 e. The lowest BCUT2D eigenvalue weighted by Crippen LogP contribution is -2.35. The van der Waals surface area contributed by atoms with Crippen LogP contribution in [-0.4, -0.2) is 16.9 Å². The molecule has 1 aromatic heterocycles. The van der Waals surface area contributed by atoms with Gasteiger partial charge in [0.2, 0.25) is 0 Å². The van der Waals surface area contributed by atoms with Crippen molar-refractivity contribution in [2.45, 2.75) is 19.4 Å². The predicted octanol–water partition coefficient (Wildman–Crippen LogP) is 3.25. The Bertz CT molecular complexity index is 695. The first-order valence-corrected chi connectivity index (χ1v) is 7.05. The van der Waals surface area contributed by atoms with E-state index in [0.717, 1.165) is 29.0 Å². The van der Waals surface area contributed by atoms with Crippen LogP contribution < -0.4 is 4.90 Å². The Labute approximate surface area is 119 Å². The number of rotatable bonds is 2. The molecule has 1 aliphatic rings. The van der Waals surface area contributed by atoms with Crippen molar-refractivity contribution >= 4 is 27.9 Å². The number of benzene rings is 1. The molecule has 1 aromatic carbocycles. The number of nitro groups is 1. The van der Waals surface area contributed by atoms with Gasteiger partial charge in [-0.05, 0) is 31.0 Å². The van der Waals surface area contributed by atoms with Crippen molar-refractivity contribution in [3.8, 4) is 0 Å². The number of nitrogens with zero attached hydrogens (tertiary/aromatic N) is 2. The first-order valence-electron chi connectivity index (χ1n) is 6.23. The second-order valence-corrected chi connectivity index (χ2v) is 5.81. The van der Waals surface area contributed by atoms with Crippen molar-refractivity contribution in [2.24, 2.45) is 0 Å². The summed E-state index contributed by atoms with van der Waals surface area (Å²) < 4.78 is 0. The molecule has 20 heavy (non-hydrogen) atoms. The van der Waals surface area contributed by atoms with Gasteiger partial charge in [0, 0.05) is 17.8 Å². The van der Waals surface area contributed by atoms with Crippen LogP contribution in [0, 0.1) is 10.1 Å². The van der Waals surface area contributed by atoms with E-state index in [9.17, 15) is 14.9 Å². The predicted molar refractivity (Wildman–Crippen MR) is 77.4 cm³/mol. The Morgan fingerprint density at radius 1 is 1.35 bits per heavy atom. The highest BCUT2D eigenvalue weighted by Crippen LogP contribution is 2.35. The van der Waals surface area contributed by atoms with Gasteiger partial charge in [-0.3, -0.25) is 14.9 Å². The number of carbonyl (C=O) groups is 1. The maximum atomic E-state index is 12.6. The SMILES string of the molecule is CC1Cc2ccccc2N1C(=O)c1ccc([N+](=O)[O-])s1. The van der Waals surface area contributed by atoms with E-state index in [2.05, 4.69) is 0 Å². The summed E-state index contributed by atoms with van der Waals surface area (Å²) in [5.74, 6) is -0.166. The van der Waals surface area contributed by atoms with E-state index in [1.807, 2.05) is 31.2 Å². The van der Waals surface area contributed by atoms with Gasteiger partial charge in [-0.15, -0.1) is 0 Å². The molecule has 0 N–H and O–H groups in total. The van der Waals surface area contributed by atoms with Crippen molar-refractivity contribution in [3.05, 3.63) is 57.0 Å². The summed E-state index contributed by atoms with van der Waals surface area (Å²) in [6, 6.07) is 10.8. The lowest BCUT2D eigenvalue weighted by molar-refractivity contribution is -0.380. The van der Waals surface area contributed by atoms with Gasteiger partial charge < -0.3 is 4.90 Å². The summed E-state index contributed by atoms with van der Waals surface area (Å²) >= 11 is 0.922. The Hall–Kier alpha value is -2.21. The molecule has 2 aromatic rings. The molecule has 1 amide bonds. The molecule has 102 valence electrons. The second-order valence-electron chi connectivity index (χ2n) is 4.75. The minimum atomic E-state index is -0.469. The molecule has 1 atom stereocenters. The Kier molecular flexibility index (Phi) is 3.02. The van der Waals surface area contributed by atoms with Crippen LogP contribution in [0.4, 0.5) is 10.7 Å². The van der Waals surface area contributed by atoms with Gasteiger partial charge in [-0.1, -0.05) is 29.5 Å².